The Morgan fingerprint density at radius 3 is 2.94 bits per heavy atom. The molecule has 7 heteroatoms. The fourth-order valence-corrected chi connectivity index (χ4v) is 2.52. The number of hydrogen-bond donors (Lipinski definition) is 3. The third-order valence-corrected chi connectivity index (χ3v) is 3.59. The van der Waals surface area contributed by atoms with E-state index in [4.69, 9.17) is 9.84 Å². The number of anilines is 1. The van der Waals surface area contributed by atoms with Crippen molar-refractivity contribution in [1.29, 1.82) is 0 Å². The van der Waals surface area contributed by atoms with Gasteiger partial charge in [-0.15, -0.1) is 11.3 Å². The lowest BCUT2D eigenvalue weighted by Crippen LogP contribution is -2.48. The molecule has 1 aliphatic heterocycles. The summed E-state index contributed by atoms with van der Waals surface area (Å²) in [5, 5.41) is 16.2. The van der Waals surface area contributed by atoms with Crippen LogP contribution in [-0.4, -0.2) is 35.9 Å². The van der Waals surface area contributed by atoms with Crippen LogP contribution in [0.15, 0.2) is 11.4 Å². The minimum Gasteiger partial charge on any atom is -0.478 e. The lowest BCUT2D eigenvalue weighted by atomic mass is 10.0. The number of ether oxygens (including phenoxy) is 1. The summed E-state index contributed by atoms with van der Waals surface area (Å²) < 4.78 is 5.22. The number of urea groups is 1. The van der Waals surface area contributed by atoms with Crippen LogP contribution in [0.4, 0.5) is 9.80 Å². The smallest absolute Gasteiger partial charge is 0.338 e. The van der Waals surface area contributed by atoms with Crippen molar-refractivity contribution in [2.45, 2.75) is 18.9 Å². The van der Waals surface area contributed by atoms with Crippen LogP contribution in [-0.2, 0) is 4.74 Å². The van der Waals surface area contributed by atoms with Gasteiger partial charge in [-0.05, 0) is 24.8 Å². The Bertz CT molecular complexity index is 465. The van der Waals surface area contributed by atoms with Crippen LogP contribution < -0.4 is 10.6 Å². The van der Waals surface area contributed by atoms with E-state index in [9.17, 15) is 9.59 Å². The summed E-state index contributed by atoms with van der Waals surface area (Å²) in [4.78, 5) is 22.7. The van der Waals surface area contributed by atoms with Crippen LogP contribution in [0.3, 0.4) is 0 Å². The van der Waals surface area contributed by atoms with Gasteiger partial charge in [-0.2, -0.15) is 0 Å². The second-order valence-electron chi connectivity index (χ2n) is 4.41. The number of thiophene rings is 1. The lowest BCUT2D eigenvalue weighted by molar-refractivity contribution is 0.0698. The van der Waals surface area contributed by atoms with Crippen molar-refractivity contribution >= 4 is 28.3 Å². The van der Waals surface area contributed by atoms with Gasteiger partial charge in [0.2, 0.25) is 0 Å². The molecule has 0 spiro atoms. The maximum absolute atomic E-state index is 11.8. The molecule has 1 fully saturated rings. The van der Waals surface area contributed by atoms with E-state index in [1.54, 1.807) is 5.38 Å². The molecule has 98 valence electrons. The third-order valence-electron chi connectivity index (χ3n) is 2.76. The Kier molecular flexibility index (Phi) is 3.53. The van der Waals surface area contributed by atoms with Crippen molar-refractivity contribution in [1.82, 2.24) is 5.32 Å². The van der Waals surface area contributed by atoms with Crippen LogP contribution >= 0.6 is 11.3 Å². The van der Waals surface area contributed by atoms with Gasteiger partial charge in [-0.25, -0.2) is 9.59 Å². The fourth-order valence-electron chi connectivity index (χ4n) is 1.75. The monoisotopic (exact) mass is 270 g/mol. The molecule has 0 radical (unpaired) electrons. The molecule has 1 unspecified atom stereocenters. The molecule has 2 heterocycles. The second kappa shape index (κ2) is 4.95. The third kappa shape index (κ3) is 2.80. The molecule has 1 aromatic rings. The second-order valence-corrected chi connectivity index (χ2v) is 5.33. The fraction of sp³-hybridized carbons (Fsp3) is 0.455. The highest BCUT2D eigenvalue weighted by molar-refractivity contribution is 7.14. The van der Waals surface area contributed by atoms with Gasteiger partial charge < -0.3 is 15.2 Å². The van der Waals surface area contributed by atoms with Crippen molar-refractivity contribution in [2.75, 3.05) is 18.5 Å². The van der Waals surface area contributed by atoms with E-state index < -0.39 is 12.0 Å². The van der Waals surface area contributed by atoms with E-state index in [-0.39, 0.29) is 11.1 Å². The first-order valence-corrected chi connectivity index (χ1v) is 6.36. The zero-order chi connectivity index (χ0) is 13.2. The molecule has 0 saturated carbocycles. The topological polar surface area (TPSA) is 87.7 Å². The maximum atomic E-state index is 11.8. The normalized spacial score (nSPS) is 22.7. The number of carbonyl (C=O) groups is 2. The van der Waals surface area contributed by atoms with E-state index in [0.717, 1.165) is 6.42 Å². The Morgan fingerprint density at radius 1 is 1.56 bits per heavy atom. The first-order valence-electron chi connectivity index (χ1n) is 5.48. The molecule has 2 rings (SSSR count). The van der Waals surface area contributed by atoms with Gasteiger partial charge in [-0.3, -0.25) is 5.32 Å². The highest BCUT2D eigenvalue weighted by Gasteiger charge is 2.31. The van der Waals surface area contributed by atoms with E-state index in [1.807, 2.05) is 6.92 Å². The summed E-state index contributed by atoms with van der Waals surface area (Å²) in [5.74, 6) is -1.05. The molecule has 0 aromatic carbocycles. The number of carboxylic acid groups (broad SMARTS) is 1. The average Bonchev–Trinajstić information content (AvgIpc) is 2.87. The lowest BCUT2D eigenvalue weighted by Gasteiger charge is -2.23. The Balaban J connectivity index is 1.99. The van der Waals surface area contributed by atoms with E-state index in [2.05, 4.69) is 10.6 Å². The van der Waals surface area contributed by atoms with Gasteiger partial charge in [0.1, 0.15) is 5.00 Å². The molecule has 3 N–H and O–H groups in total. The van der Waals surface area contributed by atoms with Crippen molar-refractivity contribution in [3.63, 3.8) is 0 Å². The van der Waals surface area contributed by atoms with Crippen molar-refractivity contribution in [3.8, 4) is 0 Å². The number of hydrogen-bond acceptors (Lipinski definition) is 4. The van der Waals surface area contributed by atoms with Crippen molar-refractivity contribution in [3.05, 3.63) is 17.0 Å². The molecular formula is C11H14N2O4S. The van der Waals surface area contributed by atoms with E-state index >= 15 is 0 Å². The van der Waals surface area contributed by atoms with Gasteiger partial charge in [0.05, 0.1) is 17.7 Å². The number of rotatable bonds is 3. The summed E-state index contributed by atoms with van der Waals surface area (Å²) in [6, 6.07) is 1.05. The summed E-state index contributed by atoms with van der Waals surface area (Å²) in [5.41, 5.74) is -0.284. The van der Waals surface area contributed by atoms with E-state index in [1.165, 1.54) is 17.4 Å². The molecular weight excluding hydrogens is 256 g/mol. The van der Waals surface area contributed by atoms with Crippen molar-refractivity contribution in [2.24, 2.45) is 0 Å². The van der Waals surface area contributed by atoms with Crippen LogP contribution in [0.25, 0.3) is 0 Å². The molecule has 1 aliphatic rings. The number of nitrogens with one attached hydrogen (secondary N) is 2. The quantitative estimate of drug-likeness (QED) is 0.780. The number of carbonyl (C=O) groups excluding carboxylic acids is 1. The van der Waals surface area contributed by atoms with Gasteiger partial charge in [0.15, 0.2) is 0 Å². The number of carboxylic acids is 1. The molecule has 1 aromatic heterocycles. The van der Waals surface area contributed by atoms with Gasteiger partial charge in [-0.1, -0.05) is 0 Å². The van der Waals surface area contributed by atoms with E-state index in [0.29, 0.717) is 18.2 Å². The summed E-state index contributed by atoms with van der Waals surface area (Å²) >= 11 is 1.18. The first-order chi connectivity index (χ1) is 8.50. The standard InChI is InChI=1S/C11H14N2O4S/c1-11(3-4-17-6-11)13-10(16)12-8-7(9(14)15)2-5-18-8/h2,5H,3-4,6H2,1H3,(H,14,15)(H2,12,13,16). The zero-order valence-electron chi connectivity index (χ0n) is 9.86. The van der Waals surface area contributed by atoms with Gasteiger partial charge in [0.25, 0.3) is 0 Å². The predicted octanol–water partition coefficient (Wildman–Crippen LogP) is 1.75. The summed E-state index contributed by atoms with van der Waals surface area (Å²) in [7, 11) is 0. The molecule has 1 saturated heterocycles. The average molecular weight is 270 g/mol. The largest absolute Gasteiger partial charge is 0.478 e. The van der Waals surface area contributed by atoms with Gasteiger partial charge in [0, 0.05) is 6.61 Å². The molecule has 18 heavy (non-hydrogen) atoms. The summed E-state index contributed by atoms with van der Waals surface area (Å²) in [6.07, 6.45) is 0.747. The highest BCUT2D eigenvalue weighted by Crippen LogP contribution is 2.23. The molecule has 2 amide bonds. The zero-order valence-corrected chi connectivity index (χ0v) is 10.7. The maximum Gasteiger partial charge on any atom is 0.338 e. The Hall–Kier alpha value is -1.60. The number of aromatic carboxylic acids is 1. The minimum absolute atomic E-state index is 0.1000. The predicted molar refractivity (Wildman–Crippen MR) is 67.3 cm³/mol. The highest BCUT2D eigenvalue weighted by atomic mass is 32.1. The number of amides is 2. The van der Waals surface area contributed by atoms with Crippen LogP contribution in [0.1, 0.15) is 23.7 Å². The summed E-state index contributed by atoms with van der Waals surface area (Å²) in [6.45, 7) is 2.99. The minimum atomic E-state index is -1.05. The molecule has 6 nitrogen and oxygen atoms in total. The van der Waals surface area contributed by atoms with Gasteiger partial charge >= 0.3 is 12.0 Å². The van der Waals surface area contributed by atoms with Crippen LogP contribution in [0.5, 0.6) is 0 Å². The molecule has 0 bridgehead atoms. The van der Waals surface area contributed by atoms with Crippen LogP contribution in [0, 0.1) is 0 Å². The molecule has 0 aliphatic carbocycles. The SMILES string of the molecule is CC1(NC(=O)Nc2sccc2C(=O)O)CCOC1. The van der Waals surface area contributed by atoms with Crippen molar-refractivity contribution < 1.29 is 19.4 Å². The Morgan fingerprint density at radius 2 is 2.33 bits per heavy atom. The first kappa shape index (κ1) is 12.8. The molecule has 1 atom stereocenters. The van der Waals surface area contributed by atoms with Crippen LogP contribution in [0.2, 0.25) is 0 Å². The Labute approximate surface area is 108 Å².